The second-order valence-corrected chi connectivity index (χ2v) is 10.3. The Morgan fingerprint density at radius 1 is 0.895 bits per heavy atom. The van der Waals surface area contributed by atoms with Crippen LogP contribution in [0.3, 0.4) is 0 Å². The number of benzene rings is 2. The maximum Gasteiger partial charge on any atom is 0.328 e. The molecule has 0 unspecified atom stereocenters. The SMILES string of the molecule is O=c1[nH]c2ccccc2c(=O)n1CCCCN1CCC(Cc2nc3ccccc3n2Cc2ccco2)CC1. The van der Waals surface area contributed by atoms with Crippen LogP contribution in [0.25, 0.3) is 21.9 Å². The average molecular weight is 512 g/mol. The van der Waals surface area contributed by atoms with E-state index in [9.17, 15) is 9.59 Å². The lowest BCUT2D eigenvalue weighted by molar-refractivity contribution is 0.179. The van der Waals surface area contributed by atoms with Gasteiger partial charge in [0.2, 0.25) is 0 Å². The van der Waals surface area contributed by atoms with Crippen LogP contribution < -0.4 is 11.2 Å². The standard InChI is InChI=1S/C30H33N5O3/c36-29-24-9-1-2-10-25(24)32-30(37)34(29)16-6-5-15-33-17-13-22(14-18-33)20-28-31-26-11-3-4-12-27(26)35(28)21-23-8-7-19-38-23/h1-4,7-12,19,22H,5-6,13-18,20-21H2,(H,32,37). The van der Waals surface area contributed by atoms with Crippen molar-refractivity contribution in [1.29, 1.82) is 0 Å². The minimum absolute atomic E-state index is 0.205. The van der Waals surface area contributed by atoms with Crippen molar-refractivity contribution >= 4 is 21.9 Å². The Morgan fingerprint density at radius 2 is 1.68 bits per heavy atom. The predicted molar refractivity (Wildman–Crippen MR) is 148 cm³/mol. The van der Waals surface area contributed by atoms with Crippen molar-refractivity contribution in [3.05, 3.63) is 99.3 Å². The van der Waals surface area contributed by atoms with E-state index in [1.54, 1.807) is 18.4 Å². The van der Waals surface area contributed by atoms with Gasteiger partial charge in [-0.05, 0) is 87.6 Å². The molecule has 8 nitrogen and oxygen atoms in total. The number of rotatable bonds is 9. The predicted octanol–water partition coefficient (Wildman–Crippen LogP) is 4.42. The van der Waals surface area contributed by atoms with Gasteiger partial charge in [-0.15, -0.1) is 0 Å². The molecule has 0 spiro atoms. The summed E-state index contributed by atoms with van der Waals surface area (Å²) in [6.07, 6.45) is 6.75. The monoisotopic (exact) mass is 511 g/mol. The zero-order valence-corrected chi connectivity index (χ0v) is 21.5. The Hall–Kier alpha value is -3.91. The number of nitrogens with zero attached hydrogens (tertiary/aromatic N) is 4. The van der Waals surface area contributed by atoms with Crippen LogP contribution in [-0.4, -0.2) is 43.6 Å². The van der Waals surface area contributed by atoms with Crippen molar-refractivity contribution < 1.29 is 4.42 Å². The fourth-order valence-electron chi connectivity index (χ4n) is 5.70. The van der Waals surface area contributed by atoms with E-state index in [0.717, 1.165) is 74.4 Å². The Balaban J connectivity index is 1.02. The molecule has 196 valence electrons. The highest BCUT2D eigenvalue weighted by molar-refractivity contribution is 5.77. The third kappa shape index (κ3) is 5.09. The van der Waals surface area contributed by atoms with E-state index in [1.165, 1.54) is 4.57 Å². The summed E-state index contributed by atoms with van der Waals surface area (Å²) >= 11 is 0. The molecule has 8 heteroatoms. The molecule has 0 atom stereocenters. The second-order valence-electron chi connectivity index (χ2n) is 10.3. The van der Waals surface area contributed by atoms with Gasteiger partial charge in [-0.1, -0.05) is 24.3 Å². The van der Waals surface area contributed by atoms with Gasteiger partial charge in [0.15, 0.2) is 0 Å². The number of piperidine rings is 1. The van der Waals surface area contributed by atoms with Gasteiger partial charge in [0, 0.05) is 13.0 Å². The fraction of sp³-hybridized carbons (Fsp3) is 0.367. The van der Waals surface area contributed by atoms with Crippen LogP contribution in [0.1, 0.15) is 37.3 Å². The lowest BCUT2D eigenvalue weighted by atomic mass is 9.93. The topological polar surface area (TPSA) is 89.1 Å². The first-order valence-corrected chi connectivity index (χ1v) is 13.6. The summed E-state index contributed by atoms with van der Waals surface area (Å²) in [5.41, 5.74) is 2.26. The molecule has 0 aliphatic carbocycles. The molecule has 1 N–H and O–H groups in total. The van der Waals surface area contributed by atoms with Gasteiger partial charge in [-0.3, -0.25) is 9.36 Å². The quantitative estimate of drug-likeness (QED) is 0.296. The number of furan rings is 1. The van der Waals surface area contributed by atoms with Gasteiger partial charge in [0.1, 0.15) is 11.6 Å². The molecule has 4 heterocycles. The molecule has 5 aromatic rings. The number of H-pyrrole nitrogens is 1. The number of nitrogens with one attached hydrogen (secondary N) is 1. The second kappa shape index (κ2) is 10.8. The Morgan fingerprint density at radius 3 is 2.53 bits per heavy atom. The Kier molecular flexibility index (Phi) is 6.96. The minimum Gasteiger partial charge on any atom is -0.467 e. The summed E-state index contributed by atoms with van der Waals surface area (Å²) in [6.45, 7) is 4.27. The maximum absolute atomic E-state index is 12.7. The zero-order valence-electron chi connectivity index (χ0n) is 21.5. The van der Waals surface area contributed by atoms with Gasteiger partial charge in [0.05, 0.1) is 34.7 Å². The fourth-order valence-corrected chi connectivity index (χ4v) is 5.70. The Bertz CT molecular complexity index is 1640. The number of aromatic nitrogens is 4. The molecule has 6 rings (SSSR count). The lowest BCUT2D eigenvalue weighted by Gasteiger charge is -2.32. The number of hydrogen-bond acceptors (Lipinski definition) is 5. The Labute approximate surface area is 220 Å². The molecule has 2 aromatic carbocycles. The summed E-state index contributed by atoms with van der Waals surface area (Å²) in [5, 5.41) is 0.562. The summed E-state index contributed by atoms with van der Waals surface area (Å²) in [7, 11) is 0. The zero-order chi connectivity index (χ0) is 25.9. The first-order valence-electron chi connectivity index (χ1n) is 13.6. The molecule has 1 aliphatic rings. The van der Waals surface area contributed by atoms with Crippen LogP contribution in [0.5, 0.6) is 0 Å². The molecule has 0 radical (unpaired) electrons. The van der Waals surface area contributed by atoms with Gasteiger partial charge < -0.3 is 18.9 Å². The summed E-state index contributed by atoms with van der Waals surface area (Å²) in [4.78, 5) is 35.4. The maximum atomic E-state index is 12.7. The summed E-state index contributed by atoms with van der Waals surface area (Å²) in [5.74, 6) is 2.68. The molecule has 38 heavy (non-hydrogen) atoms. The number of para-hydroxylation sites is 3. The van der Waals surface area contributed by atoms with Crippen molar-refractivity contribution in [1.82, 2.24) is 24.0 Å². The van der Waals surface area contributed by atoms with E-state index < -0.39 is 0 Å². The molecule has 3 aromatic heterocycles. The van der Waals surface area contributed by atoms with Crippen LogP contribution in [0.15, 0.2) is 80.9 Å². The van der Waals surface area contributed by atoms with Crippen LogP contribution >= 0.6 is 0 Å². The van der Waals surface area contributed by atoms with Crippen LogP contribution in [-0.2, 0) is 19.5 Å². The molecule has 0 bridgehead atoms. The molecule has 1 saturated heterocycles. The van der Waals surface area contributed by atoms with Crippen molar-refractivity contribution in [2.24, 2.45) is 5.92 Å². The van der Waals surface area contributed by atoms with E-state index in [0.29, 0.717) is 29.9 Å². The first kappa shape index (κ1) is 24.4. The van der Waals surface area contributed by atoms with Crippen molar-refractivity contribution in [3.8, 4) is 0 Å². The molecule has 1 aliphatic heterocycles. The highest BCUT2D eigenvalue weighted by atomic mass is 16.3. The third-order valence-electron chi connectivity index (χ3n) is 7.80. The number of fused-ring (bicyclic) bond motifs is 2. The largest absolute Gasteiger partial charge is 0.467 e. The van der Waals surface area contributed by atoms with E-state index in [2.05, 4.69) is 32.7 Å². The van der Waals surface area contributed by atoms with Crippen molar-refractivity contribution in [2.75, 3.05) is 19.6 Å². The van der Waals surface area contributed by atoms with Crippen LogP contribution in [0, 0.1) is 5.92 Å². The molecule has 0 saturated carbocycles. The van der Waals surface area contributed by atoms with Crippen molar-refractivity contribution in [2.45, 2.75) is 45.2 Å². The van der Waals surface area contributed by atoms with E-state index in [4.69, 9.17) is 9.40 Å². The van der Waals surface area contributed by atoms with Gasteiger partial charge in [0.25, 0.3) is 5.56 Å². The molecular weight excluding hydrogens is 478 g/mol. The number of hydrogen-bond donors (Lipinski definition) is 1. The number of likely N-dealkylation sites (tertiary alicyclic amines) is 1. The number of unbranched alkanes of at least 4 members (excludes halogenated alkanes) is 1. The van der Waals surface area contributed by atoms with E-state index in [1.807, 2.05) is 30.3 Å². The van der Waals surface area contributed by atoms with Gasteiger partial charge in [-0.25, -0.2) is 9.78 Å². The van der Waals surface area contributed by atoms with Crippen molar-refractivity contribution in [3.63, 3.8) is 0 Å². The molecule has 0 amide bonds. The van der Waals surface area contributed by atoms with Gasteiger partial charge >= 0.3 is 5.69 Å². The van der Waals surface area contributed by atoms with Crippen LogP contribution in [0.2, 0.25) is 0 Å². The lowest BCUT2D eigenvalue weighted by Crippen LogP contribution is -2.36. The number of aromatic amines is 1. The first-order chi connectivity index (χ1) is 18.7. The third-order valence-corrected chi connectivity index (χ3v) is 7.80. The minimum atomic E-state index is -0.326. The normalized spacial score (nSPS) is 15.1. The number of imidazole rings is 1. The van der Waals surface area contributed by atoms with Crippen LogP contribution in [0.4, 0.5) is 0 Å². The summed E-state index contributed by atoms with van der Waals surface area (Å²) in [6, 6.07) is 19.5. The summed E-state index contributed by atoms with van der Waals surface area (Å²) < 4.78 is 9.27. The van der Waals surface area contributed by atoms with Gasteiger partial charge in [-0.2, -0.15) is 0 Å². The smallest absolute Gasteiger partial charge is 0.328 e. The van der Waals surface area contributed by atoms with E-state index >= 15 is 0 Å². The highest BCUT2D eigenvalue weighted by Crippen LogP contribution is 2.25. The highest BCUT2D eigenvalue weighted by Gasteiger charge is 2.22. The van der Waals surface area contributed by atoms with E-state index in [-0.39, 0.29) is 11.2 Å². The average Bonchev–Trinajstić information content (AvgIpc) is 3.57. The molecular formula is C30H33N5O3. The molecule has 1 fully saturated rings.